The number of hydrogen-bond acceptors (Lipinski definition) is 3. The van der Waals surface area contributed by atoms with Crippen molar-refractivity contribution >= 4 is 28.6 Å². The Labute approximate surface area is 96.8 Å². The van der Waals surface area contributed by atoms with E-state index in [4.69, 9.17) is 0 Å². The van der Waals surface area contributed by atoms with Gasteiger partial charge in [0.1, 0.15) is 0 Å². The van der Waals surface area contributed by atoms with Gasteiger partial charge in [-0.15, -0.1) is 0 Å². The molecule has 0 saturated heterocycles. The Kier molecular flexibility index (Phi) is 3.53. The average Bonchev–Trinajstić information content (AvgIpc) is 2.15. The number of rotatable bonds is 1. The molecule has 0 aliphatic carbocycles. The van der Waals surface area contributed by atoms with E-state index in [0.717, 1.165) is 19.4 Å². The maximum absolute atomic E-state index is 12.4. The Hall–Kier alpha value is -0.860. The molecule has 0 aliphatic heterocycles. The molecule has 1 aromatic rings. The van der Waals surface area contributed by atoms with Crippen LogP contribution in [0.5, 0.6) is 0 Å². The molecule has 0 unspecified atom stereocenters. The highest BCUT2D eigenvalue weighted by molar-refractivity contribution is 14.1. The number of carbonyl (C=O) groups is 1. The van der Waals surface area contributed by atoms with Crippen LogP contribution >= 0.6 is 22.6 Å². The molecule has 82 valence electrons. The van der Waals surface area contributed by atoms with Gasteiger partial charge in [0.25, 0.3) is 0 Å². The van der Waals surface area contributed by atoms with Crippen LogP contribution in [0.3, 0.4) is 0 Å². The van der Waals surface area contributed by atoms with E-state index in [1.54, 1.807) is 0 Å². The normalized spacial score (nSPS) is 11.3. The molecule has 1 heterocycles. The van der Waals surface area contributed by atoms with Gasteiger partial charge in [0.2, 0.25) is 0 Å². The van der Waals surface area contributed by atoms with Gasteiger partial charge in [-0.25, -0.2) is 9.78 Å². The molecule has 0 radical (unpaired) electrons. The molecular weight excluding hydrogens is 326 g/mol. The Balaban J connectivity index is 3.30. The van der Waals surface area contributed by atoms with E-state index in [2.05, 4.69) is 9.72 Å². The van der Waals surface area contributed by atoms with E-state index >= 15 is 0 Å². The van der Waals surface area contributed by atoms with Crippen molar-refractivity contribution in [2.75, 3.05) is 7.11 Å². The first-order valence-electron chi connectivity index (χ1n) is 3.68. The quantitative estimate of drug-likeness (QED) is 0.586. The summed E-state index contributed by atoms with van der Waals surface area (Å²) in [6.45, 7) is 0. The number of aromatic nitrogens is 1. The first-order chi connectivity index (χ1) is 6.88. The molecule has 0 bridgehead atoms. The Morgan fingerprint density at radius 3 is 2.60 bits per heavy atom. The van der Waals surface area contributed by atoms with Crippen LogP contribution in [0.25, 0.3) is 0 Å². The lowest BCUT2D eigenvalue weighted by molar-refractivity contribution is -0.138. The van der Waals surface area contributed by atoms with Crippen molar-refractivity contribution in [3.05, 3.63) is 27.1 Å². The summed E-state index contributed by atoms with van der Waals surface area (Å²) in [5.74, 6) is -0.884. The molecule has 7 heteroatoms. The maximum atomic E-state index is 12.4. The third-order valence-electron chi connectivity index (χ3n) is 1.57. The van der Waals surface area contributed by atoms with Gasteiger partial charge in [0.15, 0.2) is 5.69 Å². The monoisotopic (exact) mass is 331 g/mol. The largest absolute Gasteiger partial charge is 0.464 e. The maximum Gasteiger partial charge on any atom is 0.417 e. The van der Waals surface area contributed by atoms with Gasteiger partial charge in [0.05, 0.1) is 16.2 Å². The van der Waals surface area contributed by atoms with Gasteiger partial charge in [-0.1, -0.05) is 0 Å². The van der Waals surface area contributed by atoms with Crippen LogP contribution in [0.1, 0.15) is 16.1 Å². The molecular formula is C8H5F3INO2. The van der Waals surface area contributed by atoms with E-state index in [1.165, 1.54) is 22.6 Å². The first kappa shape index (κ1) is 12.2. The lowest BCUT2D eigenvalue weighted by atomic mass is 10.2. The minimum atomic E-state index is -4.50. The summed E-state index contributed by atoms with van der Waals surface area (Å²) in [6, 6.07) is 0.814. The van der Waals surface area contributed by atoms with E-state index in [1.807, 2.05) is 0 Å². The molecule has 0 aromatic carbocycles. The van der Waals surface area contributed by atoms with E-state index < -0.39 is 17.7 Å². The van der Waals surface area contributed by atoms with Crippen molar-refractivity contribution in [1.29, 1.82) is 0 Å². The fraction of sp³-hybridized carbons (Fsp3) is 0.250. The second-order valence-electron chi connectivity index (χ2n) is 2.51. The fourth-order valence-electron chi connectivity index (χ4n) is 0.902. The molecule has 0 aliphatic rings. The van der Waals surface area contributed by atoms with Gasteiger partial charge in [-0.2, -0.15) is 13.2 Å². The van der Waals surface area contributed by atoms with Crippen molar-refractivity contribution in [2.24, 2.45) is 0 Å². The second kappa shape index (κ2) is 4.33. The average molecular weight is 331 g/mol. The second-order valence-corrected chi connectivity index (χ2v) is 3.59. The number of nitrogens with zero attached hydrogens (tertiary/aromatic N) is 1. The summed E-state index contributed by atoms with van der Waals surface area (Å²) < 4.78 is 41.3. The van der Waals surface area contributed by atoms with Gasteiger partial charge in [0, 0.05) is 6.20 Å². The summed E-state index contributed by atoms with van der Waals surface area (Å²) in [5.41, 5.74) is -1.22. The Morgan fingerprint density at radius 2 is 2.13 bits per heavy atom. The number of ether oxygens (including phenoxy) is 1. The molecule has 15 heavy (non-hydrogen) atoms. The summed E-state index contributed by atoms with van der Waals surface area (Å²) in [6.07, 6.45) is -3.57. The highest BCUT2D eigenvalue weighted by Gasteiger charge is 2.35. The zero-order chi connectivity index (χ0) is 11.6. The molecule has 1 aromatic heterocycles. The van der Waals surface area contributed by atoms with Crippen molar-refractivity contribution in [3.63, 3.8) is 0 Å². The van der Waals surface area contributed by atoms with Gasteiger partial charge in [-0.05, 0) is 28.7 Å². The summed E-state index contributed by atoms with van der Waals surface area (Å²) >= 11 is 1.42. The fourth-order valence-corrected chi connectivity index (χ4v) is 1.75. The van der Waals surface area contributed by atoms with E-state index in [9.17, 15) is 18.0 Å². The number of alkyl halides is 3. The van der Waals surface area contributed by atoms with Crippen LogP contribution in [0.15, 0.2) is 12.3 Å². The van der Waals surface area contributed by atoms with Crippen LogP contribution in [0.4, 0.5) is 13.2 Å². The minimum absolute atomic E-state index is 0.255. The smallest absolute Gasteiger partial charge is 0.417 e. The van der Waals surface area contributed by atoms with Crippen LogP contribution in [-0.4, -0.2) is 18.1 Å². The molecule has 1 rings (SSSR count). The molecule has 0 N–H and O–H groups in total. The highest BCUT2D eigenvalue weighted by atomic mass is 127. The van der Waals surface area contributed by atoms with Gasteiger partial charge >= 0.3 is 12.1 Å². The minimum Gasteiger partial charge on any atom is -0.464 e. The number of pyridine rings is 1. The molecule has 0 spiro atoms. The topological polar surface area (TPSA) is 39.2 Å². The number of methoxy groups -OCH3 is 1. The lowest BCUT2D eigenvalue weighted by Crippen LogP contribution is -2.14. The van der Waals surface area contributed by atoms with Gasteiger partial charge < -0.3 is 4.74 Å². The van der Waals surface area contributed by atoms with Crippen LogP contribution in [0.2, 0.25) is 0 Å². The third kappa shape index (κ3) is 2.58. The van der Waals surface area contributed by atoms with Crippen LogP contribution in [-0.2, 0) is 10.9 Å². The SMILES string of the molecule is COC(=O)c1nccc(C(F)(F)F)c1I. The van der Waals surface area contributed by atoms with Crippen LogP contribution < -0.4 is 0 Å². The predicted molar refractivity (Wildman–Crippen MR) is 53.3 cm³/mol. The summed E-state index contributed by atoms with van der Waals surface area (Å²) in [7, 11) is 1.08. The van der Waals surface area contributed by atoms with Crippen molar-refractivity contribution in [2.45, 2.75) is 6.18 Å². The van der Waals surface area contributed by atoms with E-state index in [-0.39, 0.29) is 9.26 Å². The zero-order valence-corrected chi connectivity index (χ0v) is 9.59. The molecule has 0 saturated carbocycles. The number of esters is 1. The number of carbonyl (C=O) groups excluding carboxylic acids is 1. The summed E-state index contributed by atoms with van der Waals surface area (Å²) in [5, 5.41) is 0. The van der Waals surface area contributed by atoms with Gasteiger partial charge in [-0.3, -0.25) is 0 Å². The first-order valence-corrected chi connectivity index (χ1v) is 4.75. The summed E-state index contributed by atoms with van der Waals surface area (Å²) in [4.78, 5) is 14.6. The molecule has 0 atom stereocenters. The van der Waals surface area contributed by atoms with E-state index in [0.29, 0.717) is 0 Å². The molecule has 3 nitrogen and oxygen atoms in total. The highest BCUT2D eigenvalue weighted by Crippen LogP contribution is 2.33. The lowest BCUT2D eigenvalue weighted by Gasteiger charge is -2.10. The third-order valence-corrected chi connectivity index (χ3v) is 2.67. The van der Waals surface area contributed by atoms with Crippen molar-refractivity contribution < 1.29 is 22.7 Å². The van der Waals surface area contributed by atoms with Crippen molar-refractivity contribution in [3.8, 4) is 0 Å². The Bertz CT molecular complexity index is 392. The molecule has 0 fully saturated rings. The van der Waals surface area contributed by atoms with Crippen molar-refractivity contribution in [1.82, 2.24) is 4.98 Å². The van der Waals surface area contributed by atoms with Crippen LogP contribution in [0, 0.1) is 3.57 Å². The standard InChI is InChI=1S/C8H5F3INO2/c1-15-7(14)6-5(12)4(2-3-13-6)8(9,10)11/h2-3H,1H3. The zero-order valence-electron chi connectivity index (χ0n) is 7.43. The number of hydrogen-bond donors (Lipinski definition) is 0. The number of halogens is 4. The Morgan fingerprint density at radius 1 is 1.53 bits per heavy atom. The predicted octanol–water partition coefficient (Wildman–Crippen LogP) is 2.49. The molecule has 0 amide bonds.